The molecule has 0 atom stereocenters. The molecule has 2 aromatic carbocycles. The molecule has 0 saturated carbocycles. The molecule has 0 radical (unpaired) electrons. The number of hydrogen-bond donors (Lipinski definition) is 1. The van der Waals surface area contributed by atoms with E-state index in [1.54, 1.807) is 11.3 Å². The summed E-state index contributed by atoms with van der Waals surface area (Å²) in [5.41, 5.74) is 4.24. The van der Waals surface area contributed by atoms with Gasteiger partial charge in [-0.3, -0.25) is 9.36 Å². The van der Waals surface area contributed by atoms with E-state index < -0.39 is 0 Å². The monoisotopic (exact) mass is 434 g/mol. The van der Waals surface area contributed by atoms with Crippen LogP contribution in [-0.2, 0) is 11.3 Å². The predicted molar refractivity (Wildman–Crippen MR) is 124 cm³/mol. The minimum atomic E-state index is -0.0584. The molecule has 5 nitrogen and oxygen atoms in total. The number of amides is 1. The minimum absolute atomic E-state index is 0.0584. The number of aryl methyl sites for hydroxylation is 2. The van der Waals surface area contributed by atoms with Gasteiger partial charge >= 0.3 is 0 Å². The van der Waals surface area contributed by atoms with Crippen molar-refractivity contribution in [3.05, 3.63) is 82.7 Å². The number of thiophene rings is 1. The van der Waals surface area contributed by atoms with Crippen LogP contribution in [0.5, 0.6) is 0 Å². The van der Waals surface area contributed by atoms with Crippen molar-refractivity contribution < 1.29 is 4.79 Å². The van der Waals surface area contributed by atoms with Crippen molar-refractivity contribution in [3.8, 4) is 10.7 Å². The molecule has 0 fully saturated rings. The Kier molecular flexibility index (Phi) is 6.30. The van der Waals surface area contributed by atoms with Crippen LogP contribution in [0.15, 0.2) is 71.2 Å². The van der Waals surface area contributed by atoms with E-state index in [1.165, 1.54) is 11.8 Å². The topological polar surface area (TPSA) is 59.8 Å². The molecule has 0 unspecified atom stereocenters. The summed E-state index contributed by atoms with van der Waals surface area (Å²) in [7, 11) is 0. The molecule has 1 N–H and O–H groups in total. The smallest absolute Gasteiger partial charge is 0.234 e. The van der Waals surface area contributed by atoms with E-state index in [2.05, 4.69) is 38.3 Å². The van der Waals surface area contributed by atoms with Crippen LogP contribution >= 0.6 is 23.1 Å². The molecule has 2 heterocycles. The maximum absolute atomic E-state index is 12.5. The van der Waals surface area contributed by atoms with E-state index in [4.69, 9.17) is 0 Å². The second-order valence-corrected chi connectivity index (χ2v) is 8.96. The summed E-state index contributed by atoms with van der Waals surface area (Å²) >= 11 is 3.03. The summed E-state index contributed by atoms with van der Waals surface area (Å²) in [5, 5.41) is 14.5. The lowest BCUT2D eigenvalue weighted by Gasteiger charge is -2.10. The van der Waals surface area contributed by atoms with Gasteiger partial charge in [0, 0.05) is 5.69 Å². The quantitative estimate of drug-likeness (QED) is 0.396. The van der Waals surface area contributed by atoms with Crippen LogP contribution in [0.1, 0.15) is 16.7 Å². The summed E-state index contributed by atoms with van der Waals surface area (Å²) in [6, 6.07) is 20.3. The molecule has 4 aromatic rings. The predicted octanol–water partition coefficient (Wildman–Crippen LogP) is 5.40. The highest BCUT2D eigenvalue weighted by Gasteiger charge is 2.17. The Bertz CT molecular complexity index is 1120. The first kappa shape index (κ1) is 20.4. The van der Waals surface area contributed by atoms with Gasteiger partial charge in [0.05, 0.1) is 17.2 Å². The number of anilines is 1. The Morgan fingerprint density at radius 2 is 1.80 bits per heavy atom. The van der Waals surface area contributed by atoms with Crippen LogP contribution in [0, 0.1) is 13.8 Å². The second kappa shape index (κ2) is 9.28. The lowest BCUT2D eigenvalue weighted by Crippen LogP contribution is -2.15. The number of benzene rings is 2. The summed E-state index contributed by atoms with van der Waals surface area (Å²) in [5.74, 6) is 1.03. The number of aromatic nitrogens is 3. The van der Waals surface area contributed by atoms with Gasteiger partial charge in [-0.05, 0) is 54.1 Å². The van der Waals surface area contributed by atoms with Gasteiger partial charge in [0.15, 0.2) is 11.0 Å². The molecule has 0 spiro atoms. The Morgan fingerprint density at radius 3 is 2.50 bits per heavy atom. The van der Waals surface area contributed by atoms with E-state index in [0.29, 0.717) is 6.54 Å². The Balaban J connectivity index is 1.51. The number of nitrogens with zero attached hydrogens (tertiary/aromatic N) is 3. The molecular formula is C23H22N4OS2. The highest BCUT2D eigenvalue weighted by molar-refractivity contribution is 7.99. The van der Waals surface area contributed by atoms with Gasteiger partial charge in [-0.25, -0.2) is 0 Å². The number of hydrogen-bond acceptors (Lipinski definition) is 5. The van der Waals surface area contributed by atoms with Crippen molar-refractivity contribution in [1.82, 2.24) is 14.8 Å². The third kappa shape index (κ3) is 4.98. The fourth-order valence-electron chi connectivity index (χ4n) is 3.27. The molecule has 2 aromatic heterocycles. The molecule has 4 rings (SSSR count). The average Bonchev–Trinajstić information content (AvgIpc) is 3.36. The third-order valence-corrected chi connectivity index (χ3v) is 6.31. The molecule has 152 valence electrons. The molecular weight excluding hydrogens is 412 g/mol. The van der Waals surface area contributed by atoms with Crippen molar-refractivity contribution in [1.29, 1.82) is 0 Å². The maximum atomic E-state index is 12.5. The van der Waals surface area contributed by atoms with Crippen LogP contribution in [0.2, 0.25) is 0 Å². The number of carbonyl (C=O) groups excluding carboxylic acids is 1. The Hall–Kier alpha value is -2.90. The standard InChI is InChI=1S/C23H22N4OS2/c1-16-11-17(2)13-19(12-16)24-21(28)15-30-23-26-25-22(20-9-6-10-29-20)27(23)14-18-7-4-3-5-8-18/h3-13H,14-15H2,1-2H3,(H,24,28). The minimum Gasteiger partial charge on any atom is -0.325 e. The zero-order valence-corrected chi connectivity index (χ0v) is 18.5. The molecule has 0 aliphatic heterocycles. The summed E-state index contributed by atoms with van der Waals surface area (Å²) in [4.78, 5) is 13.6. The lowest BCUT2D eigenvalue weighted by molar-refractivity contribution is -0.113. The van der Waals surface area contributed by atoms with Gasteiger partial charge in [0.2, 0.25) is 5.91 Å². The zero-order chi connectivity index (χ0) is 20.9. The van der Waals surface area contributed by atoms with Crippen LogP contribution in [0.25, 0.3) is 10.7 Å². The van der Waals surface area contributed by atoms with E-state index in [9.17, 15) is 4.79 Å². The fourth-order valence-corrected chi connectivity index (χ4v) is 4.72. The largest absolute Gasteiger partial charge is 0.325 e. The van der Waals surface area contributed by atoms with Crippen LogP contribution in [0.3, 0.4) is 0 Å². The summed E-state index contributed by atoms with van der Waals surface area (Å²) in [6.07, 6.45) is 0. The first-order valence-corrected chi connectivity index (χ1v) is 11.5. The second-order valence-electron chi connectivity index (χ2n) is 7.07. The van der Waals surface area contributed by atoms with Gasteiger partial charge in [0.1, 0.15) is 0 Å². The first-order chi connectivity index (χ1) is 14.6. The number of thioether (sulfide) groups is 1. The third-order valence-electron chi connectivity index (χ3n) is 4.48. The SMILES string of the molecule is Cc1cc(C)cc(NC(=O)CSc2nnc(-c3cccs3)n2Cc2ccccc2)c1. The van der Waals surface area contributed by atoms with Crippen molar-refractivity contribution >= 4 is 34.7 Å². The van der Waals surface area contributed by atoms with E-state index in [1.807, 2.05) is 61.7 Å². The fraction of sp³-hybridized carbons (Fsp3) is 0.174. The first-order valence-electron chi connectivity index (χ1n) is 9.60. The van der Waals surface area contributed by atoms with Gasteiger partial charge in [0.25, 0.3) is 0 Å². The molecule has 30 heavy (non-hydrogen) atoms. The summed E-state index contributed by atoms with van der Waals surface area (Å²) in [6.45, 7) is 4.70. The number of carbonyl (C=O) groups is 1. The van der Waals surface area contributed by atoms with Crippen LogP contribution < -0.4 is 5.32 Å². The highest BCUT2D eigenvalue weighted by atomic mass is 32.2. The summed E-state index contributed by atoms with van der Waals surface area (Å²) < 4.78 is 2.08. The van der Waals surface area contributed by atoms with E-state index in [-0.39, 0.29) is 11.7 Å². The molecule has 0 saturated heterocycles. The van der Waals surface area contributed by atoms with Crippen LogP contribution in [0.4, 0.5) is 5.69 Å². The van der Waals surface area contributed by atoms with Crippen LogP contribution in [-0.4, -0.2) is 26.4 Å². The molecule has 0 aliphatic carbocycles. The zero-order valence-electron chi connectivity index (χ0n) is 16.8. The molecule has 1 amide bonds. The van der Waals surface area contributed by atoms with Crippen molar-refractivity contribution in [2.75, 3.05) is 11.1 Å². The normalized spacial score (nSPS) is 10.9. The molecule has 0 bridgehead atoms. The maximum Gasteiger partial charge on any atom is 0.234 e. The molecule has 7 heteroatoms. The lowest BCUT2D eigenvalue weighted by atomic mass is 10.1. The van der Waals surface area contributed by atoms with Crippen molar-refractivity contribution in [2.24, 2.45) is 0 Å². The van der Waals surface area contributed by atoms with Gasteiger partial charge in [-0.1, -0.05) is 54.2 Å². The van der Waals surface area contributed by atoms with Gasteiger partial charge < -0.3 is 5.32 Å². The Labute approximate surface area is 184 Å². The number of nitrogens with one attached hydrogen (secondary N) is 1. The van der Waals surface area contributed by atoms with E-state index >= 15 is 0 Å². The number of rotatable bonds is 7. The van der Waals surface area contributed by atoms with Crippen molar-refractivity contribution in [3.63, 3.8) is 0 Å². The Morgan fingerprint density at radius 1 is 1.03 bits per heavy atom. The molecule has 0 aliphatic rings. The van der Waals surface area contributed by atoms with Gasteiger partial charge in [-0.2, -0.15) is 0 Å². The average molecular weight is 435 g/mol. The van der Waals surface area contributed by atoms with Gasteiger partial charge in [-0.15, -0.1) is 21.5 Å². The van der Waals surface area contributed by atoms with Crippen molar-refractivity contribution in [2.45, 2.75) is 25.5 Å². The highest BCUT2D eigenvalue weighted by Crippen LogP contribution is 2.28. The van der Waals surface area contributed by atoms with E-state index in [0.717, 1.165) is 38.2 Å².